The highest BCUT2D eigenvalue weighted by Crippen LogP contribution is 2.67. The predicted molar refractivity (Wildman–Crippen MR) is 158 cm³/mol. The molecule has 208 valence electrons. The lowest BCUT2D eigenvalue weighted by molar-refractivity contribution is -0.145. The molecule has 3 saturated carbocycles. The molecule has 0 spiro atoms. The number of hydrogen-bond acceptors (Lipinski definition) is 2. The van der Waals surface area contributed by atoms with Crippen molar-refractivity contribution in [2.24, 2.45) is 46.3 Å². The SMILES string of the molecule is CC(C)CCC[C@@H](C)[C@H]1CCC2C3CC=C4CC(OC(=O)/C=C/c5ccccc5)CC[C@]4(C)C3CC[C@@]21C. The second-order valence-electron chi connectivity index (χ2n) is 14.3. The molecule has 2 nitrogen and oxygen atoms in total. The van der Waals surface area contributed by atoms with E-state index in [1.807, 2.05) is 36.4 Å². The Morgan fingerprint density at radius 2 is 1.79 bits per heavy atom. The summed E-state index contributed by atoms with van der Waals surface area (Å²) in [5.41, 5.74) is 3.46. The standard InChI is InChI=1S/C36H52O2/c1-25(2)10-9-11-26(3)31-17-18-32-30-16-15-28-24-29(38-34(37)19-14-27-12-7-6-8-13-27)20-22-35(28,4)33(30)21-23-36(31,32)5/h6-8,12-15,19,25-26,29-33H,9-11,16-18,20-24H2,1-5H3/b19-14+/t26-,29?,30?,31-,32?,33?,35+,36-/m1/s1. The molecule has 0 amide bonds. The van der Waals surface area contributed by atoms with Crippen molar-refractivity contribution in [2.75, 3.05) is 0 Å². The van der Waals surface area contributed by atoms with Crippen molar-refractivity contribution in [1.29, 1.82) is 0 Å². The maximum atomic E-state index is 12.6. The Morgan fingerprint density at radius 1 is 1.00 bits per heavy atom. The van der Waals surface area contributed by atoms with Gasteiger partial charge in [0.2, 0.25) is 0 Å². The quantitative estimate of drug-likeness (QED) is 0.195. The van der Waals surface area contributed by atoms with Gasteiger partial charge in [0, 0.05) is 12.5 Å². The molecule has 4 unspecified atom stereocenters. The Morgan fingerprint density at radius 3 is 2.55 bits per heavy atom. The number of ether oxygens (including phenoxy) is 1. The molecule has 0 aliphatic heterocycles. The van der Waals surface area contributed by atoms with Crippen molar-refractivity contribution in [1.82, 2.24) is 0 Å². The Kier molecular flexibility index (Phi) is 8.28. The van der Waals surface area contributed by atoms with Gasteiger partial charge in [-0.15, -0.1) is 0 Å². The van der Waals surface area contributed by atoms with Crippen LogP contribution in [0.25, 0.3) is 6.08 Å². The Bertz CT molecular complexity index is 1020. The van der Waals surface area contributed by atoms with E-state index in [1.54, 1.807) is 11.6 Å². The average molecular weight is 517 g/mol. The molecule has 4 aliphatic carbocycles. The van der Waals surface area contributed by atoms with Crippen molar-refractivity contribution in [3.05, 3.63) is 53.6 Å². The van der Waals surface area contributed by atoms with E-state index in [9.17, 15) is 4.79 Å². The van der Waals surface area contributed by atoms with Crippen molar-refractivity contribution in [3.8, 4) is 0 Å². The van der Waals surface area contributed by atoms with E-state index in [0.717, 1.165) is 53.9 Å². The van der Waals surface area contributed by atoms with Gasteiger partial charge in [-0.3, -0.25) is 0 Å². The first kappa shape index (κ1) is 27.7. The number of benzene rings is 1. The molecule has 0 bridgehead atoms. The van der Waals surface area contributed by atoms with Crippen LogP contribution < -0.4 is 0 Å². The van der Waals surface area contributed by atoms with Crippen LogP contribution in [0, 0.1) is 46.3 Å². The van der Waals surface area contributed by atoms with Gasteiger partial charge in [0.15, 0.2) is 0 Å². The van der Waals surface area contributed by atoms with E-state index in [0.29, 0.717) is 10.8 Å². The molecular weight excluding hydrogens is 464 g/mol. The van der Waals surface area contributed by atoms with E-state index in [-0.39, 0.29) is 12.1 Å². The first-order valence-corrected chi connectivity index (χ1v) is 15.8. The van der Waals surface area contributed by atoms with Gasteiger partial charge in [0.1, 0.15) is 6.10 Å². The van der Waals surface area contributed by atoms with Crippen LogP contribution in [-0.4, -0.2) is 12.1 Å². The fraction of sp³-hybridized carbons (Fsp3) is 0.694. The van der Waals surface area contributed by atoms with Crippen molar-refractivity contribution in [2.45, 2.75) is 111 Å². The minimum atomic E-state index is -0.204. The highest BCUT2D eigenvalue weighted by Gasteiger charge is 2.59. The summed E-state index contributed by atoms with van der Waals surface area (Å²) in [7, 11) is 0. The van der Waals surface area contributed by atoms with Crippen LogP contribution in [0.1, 0.15) is 111 Å². The van der Waals surface area contributed by atoms with E-state index in [4.69, 9.17) is 4.74 Å². The lowest BCUT2D eigenvalue weighted by Crippen LogP contribution is -2.51. The smallest absolute Gasteiger partial charge is 0.331 e. The summed E-state index contributed by atoms with van der Waals surface area (Å²) in [5.74, 6) is 4.97. The molecule has 0 heterocycles. The molecule has 5 rings (SSSR count). The van der Waals surface area contributed by atoms with Gasteiger partial charge in [0.05, 0.1) is 0 Å². The highest BCUT2D eigenvalue weighted by molar-refractivity contribution is 5.87. The third-order valence-electron chi connectivity index (χ3n) is 11.8. The molecule has 4 aliphatic rings. The number of esters is 1. The second kappa shape index (κ2) is 11.3. The van der Waals surface area contributed by atoms with Gasteiger partial charge in [-0.1, -0.05) is 95.9 Å². The lowest BCUT2D eigenvalue weighted by Gasteiger charge is -2.58. The van der Waals surface area contributed by atoms with Crippen molar-refractivity contribution in [3.63, 3.8) is 0 Å². The van der Waals surface area contributed by atoms with E-state index < -0.39 is 0 Å². The number of carbonyl (C=O) groups excluding carboxylic acids is 1. The number of rotatable bonds is 8. The highest BCUT2D eigenvalue weighted by atomic mass is 16.5. The van der Waals surface area contributed by atoms with Crippen molar-refractivity contribution < 1.29 is 9.53 Å². The van der Waals surface area contributed by atoms with Crippen LogP contribution in [0.5, 0.6) is 0 Å². The summed E-state index contributed by atoms with van der Waals surface area (Å²) in [6.45, 7) is 12.6. The van der Waals surface area contributed by atoms with Crippen LogP contribution in [0.4, 0.5) is 0 Å². The lowest BCUT2D eigenvalue weighted by atomic mass is 9.47. The summed E-state index contributed by atoms with van der Waals surface area (Å²) in [4.78, 5) is 12.6. The molecule has 1 aromatic rings. The molecule has 8 atom stereocenters. The van der Waals surface area contributed by atoms with Crippen LogP contribution >= 0.6 is 0 Å². The maximum absolute atomic E-state index is 12.6. The van der Waals surface area contributed by atoms with Crippen LogP contribution in [0.15, 0.2) is 48.1 Å². The summed E-state index contributed by atoms with van der Waals surface area (Å²) in [6, 6.07) is 9.99. The summed E-state index contributed by atoms with van der Waals surface area (Å²) in [5, 5.41) is 0. The molecule has 1 aromatic carbocycles. The molecule has 0 saturated heterocycles. The van der Waals surface area contributed by atoms with Gasteiger partial charge in [-0.05, 0) is 103 Å². The number of carbonyl (C=O) groups is 1. The van der Waals surface area contributed by atoms with E-state index >= 15 is 0 Å². The van der Waals surface area contributed by atoms with Gasteiger partial charge in [0.25, 0.3) is 0 Å². The zero-order chi connectivity index (χ0) is 26.9. The third kappa shape index (κ3) is 5.44. The summed E-state index contributed by atoms with van der Waals surface area (Å²) >= 11 is 0. The van der Waals surface area contributed by atoms with Gasteiger partial charge < -0.3 is 4.74 Å². The second-order valence-corrected chi connectivity index (χ2v) is 14.3. The van der Waals surface area contributed by atoms with Crippen LogP contribution in [-0.2, 0) is 9.53 Å². The molecule has 3 fully saturated rings. The maximum Gasteiger partial charge on any atom is 0.331 e. The Balaban J connectivity index is 1.22. The van der Waals surface area contributed by atoms with Gasteiger partial charge in [-0.2, -0.15) is 0 Å². The first-order valence-electron chi connectivity index (χ1n) is 15.8. The van der Waals surface area contributed by atoms with E-state index in [1.165, 1.54) is 57.8 Å². The molecule has 0 N–H and O–H groups in total. The molecule has 0 radical (unpaired) electrons. The molecular formula is C36H52O2. The predicted octanol–water partition coefficient (Wildman–Crippen LogP) is 9.65. The fourth-order valence-electron chi connectivity index (χ4n) is 9.68. The van der Waals surface area contributed by atoms with E-state index in [2.05, 4.69) is 40.7 Å². The van der Waals surface area contributed by atoms with Crippen LogP contribution in [0.2, 0.25) is 0 Å². The Labute approximate surface area is 232 Å². The minimum absolute atomic E-state index is 0.0233. The molecule has 0 aromatic heterocycles. The Hall–Kier alpha value is -1.83. The van der Waals surface area contributed by atoms with Gasteiger partial charge in [-0.25, -0.2) is 4.79 Å². The van der Waals surface area contributed by atoms with Crippen LogP contribution in [0.3, 0.4) is 0 Å². The molecule has 38 heavy (non-hydrogen) atoms. The average Bonchev–Trinajstić information content (AvgIpc) is 3.25. The zero-order valence-corrected chi connectivity index (χ0v) is 24.8. The topological polar surface area (TPSA) is 26.3 Å². The summed E-state index contributed by atoms with van der Waals surface area (Å²) < 4.78 is 5.95. The number of fused-ring (bicyclic) bond motifs is 5. The van der Waals surface area contributed by atoms with Crippen molar-refractivity contribution >= 4 is 12.0 Å². The number of hydrogen-bond donors (Lipinski definition) is 0. The summed E-state index contributed by atoms with van der Waals surface area (Å²) in [6.07, 6.45) is 20.3. The third-order valence-corrected chi connectivity index (χ3v) is 11.8. The zero-order valence-electron chi connectivity index (χ0n) is 24.8. The number of allylic oxidation sites excluding steroid dienone is 1. The minimum Gasteiger partial charge on any atom is -0.459 e. The fourth-order valence-corrected chi connectivity index (χ4v) is 9.68. The monoisotopic (exact) mass is 516 g/mol. The molecule has 2 heteroatoms. The first-order chi connectivity index (χ1) is 18.2. The largest absolute Gasteiger partial charge is 0.459 e. The normalized spacial score (nSPS) is 37.3. The van der Waals surface area contributed by atoms with Gasteiger partial charge >= 0.3 is 5.97 Å².